The normalized spacial score (nSPS) is 13.1. The van der Waals surface area contributed by atoms with Crippen LogP contribution in [0.1, 0.15) is 35.0 Å². The minimum atomic E-state index is -4.68. The molecular formula is C28H26F5N5O4. The van der Waals surface area contributed by atoms with Crippen molar-refractivity contribution in [1.29, 1.82) is 0 Å². The Kier molecular flexibility index (Phi) is 8.36. The predicted octanol–water partition coefficient (Wildman–Crippen LogP) is 4.47. The summed E-state index contributed by atoms with van der Waals surface area (Å²) in [6.07, 6.45) is -0.831. The molecule has 4 aromatic rings. The Morgan fingerprint density at radius 1 is 1.10 bits per heavy atom. The molecule has 3 aromatic heterocycles. The van der Waals surface area contributed by atoms with Crippen molar-refractivity contribution < 1.29 is 36.6 Å². The predicted molar refractivity (Wildman–Crippen MR) is 143 cm³/mol. The van der Waals surface area contributed by atoms with Gasteiger partial charge in [0, 0.05) is 49.0 Å². The molecule has 3 N–H and O–H groups in total. The number of hydrogen-bond donors (Lipinski definition) is 3. The third-order valence-electron chi connectivity index (χ3n) is 6.81. The molecule has 0 saturated carbocycles. The molecule has 0 saturated heterocycles. The van der Waals surface area contributed by atoms with Gasteiger partial charge >= 0.3 is 12.1 Å². The zero-order valence-corrected chi connectivity index (χ0v) is 22.6. The Labute approximate surface area is 235 Å². The fourth-order valence-corrected chi connectivity index (χ4v) is 4.61. The fraction of sp³-hybridized carbons (Fsp3) is 0.286. The first-order chi connectivity index (χ1) is 19.7. The van der Waals surface area contributed by atoms with Gasteiger partial charge in [-0.05, 0) is 49.2 Å². The fourth-order valence-electron chi connectivity index (χ4n) is 4.61. The SMILES string of the molecule is CC[C@@H](Nc1cc(F)c(C(=O)N[C@@H](Cc2ccc(-c3c(C)ccn(C)c3=O)c3nccn23)C(=O)O)c(F)c1)C(F)(F)F. The van der Waals surface area contributed by atoms with Crippen molar-refractivity contribution in [2.24, 2.45) is 7.05 Å². The van der Waals surface area contributed by atoms with E-state index in [-0.39, 0.29) is 12.0 Å². The van der Waals surface area contributed by atoms with Crippen molar-refractivity contribution in [2.45, 2.75) is 44.9 Å². The van der Waals surface area contributed by atoms with Crippen molar-refractivity contribution in [1.82, 2.24) is 19.3 Å². The van der Waals surface area contributed by atoms with E-state index in [4.69, 9.17) is 0 Å². The summed E-state index contributed by atoms with van der Waals surface area (Å²) in [4.78, 5) is 42.0. The van der Waals surface area contributed by atoms with Crippen LogP contribution in [0, 0.1) is 18.6 Å². The van der Waals surface area contributed by atoms with Crippen molar-refractivity contribution in [3.63, 3.8) is 0 Å². The molecule has 4 rings (SSSR count). The molecule has 2 atom stereocenters. The van der Waals surface area contributed by atoms with Gasteiger partial charge in [-0.25, -0.2) is 18.6 Å². The molecule has 3 heterocycles. The lowest BCUT2D eigenvalue weighted by atomic mass is 10.0. The lowest BCUT2D eigenvalue weighted by Crippen LogP contribution is -2.43. The second-order valence-corrected chi connectivity index (χ2v) is 9.68. The molecule has 0 unspecified atom stereocenters. The Morgan fingerprint density at radius 3 is 2.36 bits per heavy atom. The number of alkyl halides is 3. The molecule has 0 radical (unpaired) electrons. The highest BCUT2D eigenvalue weighted by Crippen LogP contribution is 2.28. The molecule has 14 heteroatoms. The summed E-state index contributed by atoms with van der Waals surface area (Å²) in [6, 6.07) is 2.23. The van der Waals surface area contributed by atoms with Crippen LogP contribution in [-0.2, 0) is 18.3 Å². The first-order valence-corrected chi connectivity index (χ1v) is 12.7. The average molecular weight is 592 g/mol. The second-order valence-electron chi connectivity index (χ2n) is 9.68. The van der Waals surface area contributed by atoms with Gasteiger partial charge in [-0.2, -0.15) is 13.2 Å². The van der Waals surface area contributed by atoms with E-state index in [9.17, 15) is 41.4 Å². The Bertz CT molecular complexity index is 1710. The number of halogens is 5. The van der Waals surface area contributed by atoms with E-state index < -0.39 is 59.4 Å². The molecule has 1 aromatic carbocycles. The zero-order chi connectivity index (χ0) is 30.9. The van der Waals surface area contributed by atoms with Crippen molar-refractivity contribution in [3.8, 4) is 11.1 Å². The smallest absolute Gasteiger partial charge is 0.408 e. The summed E-state index contributed by atoms with van der Waals surface area (Å²) >= 11 is 0. The number of hydrogen-bond acceptors (Lipinski definition) is 5. The number of carboxylic acids is 1. The van der Waals surface area contributed by atoms with E-state index in [2.05, 4.69) is 10.3 Å². The number of carboxylic acid groups (broad SMARTS) is 1. The number of imidazole rings is 1. The van der Waals surface area contributed by atoms with Crippen molar-refractivity contribution >= 4 is 23.2 Å². The third kappa shape index (κ3) is 5.97. The van der Waals surface area contributed by atoms with Crippen LogP contribution in [0.3, 0.4) is 0 Å². The maximum absolute atomic E-state index is 14.7. The van der Waals surface area contributed by atoms with E-state index >= 15 is 0 Å². The topological polar surface area (TPSA) is 118 Å². The summed E-state index contributed by atoms with van der Waals surface area (Å²) < 4.78 is 71.6. The van der Waals surface area contributed by atoms with Gasteiger partial charge in [-0.3, -0.25) is 9.59 Å². The molecular weight excluding hydrogens is 565 g/mol. The number of aryl methyl sites for hydroxylation is 2. The molecule has 9 nitrogen and oxygen atoms in total. The van der Waals surface area contributed by atoms with E-state index in [1.54, 1.807) is 38.4 Å². The van der Waals surface area contributed by atoms with Gasteiger partial charge in [0.2, 0.25) is 0 Å². The van der Waals surface area contributed by atoms with Crippen LogP contribution in [0.4, 0.5) is 27.6 Å². The number of rotatable bonds is 9. The largest absolute Gasteiger partial charge is 0.480 e. The summed E-state index contributed by atoms with van der Waals surface area (Å²) in [6.45, 7) is 3.00. The molecule has 0 aliphatic heterocycles. The number of carbonyl (C=O) groups excluding carboxylic acids is 1. The van der Waals surface area contributed by atoms with Gasteiger partial charge in [0.05, 0.1) is 5.56 Å². The number of anilines is 1. The molecule has 1 amide bonds. The lowest BCUT2D eigenvalue weighted by Gasteiger charge is -2.22. The Hall–Kier alpha value is -4.75. The highest BCUT2D eigenvalue weighted by Gasteiger charge is 2.38. The number of amides is 1. The number of carbonyl (C=O) groups is 2. The van der Waals surface area contributed by atoms with Gasteiger partial charge in [-0.1, -0.05) is 6.92 Å². The average Bonchev–Trinajstić information content (AvgIpc) is 3.39. The number of fused-ring (bicyclic) bond motifs is 1. The second kappa shape index (κ2) is 11.6. The Balaban J connectivity index is 1.61. The highest BCUT2D eigenvalue weighted by atomic mass is 19.4. The number of benzene rings is 1. The lowest BCUT2D eigenvalue weighted by molar-refractivity contribution is -0.143. The van der Waals surface area contributed by atoms with Crippen LogP contribution in [0.5, 0.6) is 0 Å². The van der Waals surface area contributed by atoms with Crippen LogP contribution in [0.25, 0.3) is 16.8 Å². The number of aliphatic carboxylic acids is 1. The third-order valence-corrected chi connectivity index (χ3v) is 6.81. The van der Waals surface area contributed by atoms with E-state index in [0.29, 0.717) is 40.2 Å². The van der Waals surface area contributed by atoms with Crippen LogP contribution < -0.4 is 16.2 Å². The zero-order valence-electron chi connectivity index (χ0n) is 22.6. The first-order valence-electron chi connectivity index (χ1n) is 12.7. The molecule has 222 valence electrons. The standard InChI is InChI=1S/C28H26F5N5O4/c1-4-21(28(31,32)33)35-15-11-18(29)23(19(30)12-15)25(39)36-20(27(41)42)13-16-5-6-17(24-34-8-10-38(16)24)22-14(2)7-9-37(3)26(22)40/h5-12,20-21,35H,4,13H2,1-3H3,(H,36,39)(H,41,42)/t20-,21+/m0/s1. The summed E-state index contributed by atoms with van der Waals surface area (Å²) in [7, 11) is 1.60. The molecule has 42 heavy (non-hydrogen) atoms. The monoisotopic (exact) mass is 591 g/mol. The Morgan fingerprint density at radius 2 is 1.76 bits per heavy atom. The summed E-state index contributed by atoms with van der Waals surface area (Å²) in [5.74, 6) is -5.87. The van der Waals surface area contributed by atoms with Gasteiger partial charge in [-0.15, -0.1) is 0 Å². The summed E-state index contributed by atoms with van der Waals surface area (Å²) in [5, 5.41) is 13.9. The van der Waals surface area contributed by atoms with Crippen LogP contribution in [-0.4, -0.2) is 49.2 Å². The van der Waals surface area contributed by atoms with Crippen LogP contribution in [0.15, 0.2) is 53.7 Å². The van der Waals surface area contributed by atoms with Crippen LogP contribution >= 0.6 is 0 Å². The molecule has 0 bridgehead atoms. The number of nitrogens with zero attached hydrogens (tertiary/aromatic N) is 3. The number of pyridine rings is 2. The molecule has 0 aliphatic rings. The number of nitrogens with one attached hydrogen (secondary N) is 2. The molecule has 0 spiro atoms. The van der Waals surface area contributed by atoms with E-state index in [1.807, 2.05) is 5.32 Å². The minimum absolute atomic E-state index is 0.266. The van der Waals surface area contributed by atoms with Gasteiger partial charge in [0.25, 0.3) is 11.5 Å². The van der Waals surface area contributed by atoms with E-state index in [0.717, 1.165) is 0 Å². The number of aromatic nitrogens is 3. The first kappa shape index (κ1) is 30.2. The quantitative estimate of drug-likeness (QED) is 0.248. The van der Waals surface area contributed by atoms with Gasteiger partial charge < -0.3 is 24.7 Å². The summed E-state index contributed by atoms with van der Waals surface area (Å²) in [5.41, 5.74) is 0.332. The molecule has 0 fully saturated rings. The molecule has 0 aliphatic carbocycles. The maximum Gasteiger partial charge on any atom is 0.408 e. The van der Waals surface area contributed by atoms with Gasteiger partial charge in [0.15, 0.2) is 0 Å². The van der Waals surface area contributed by atoms with Crippen LogP contribution in [0.2, 0.25) is 0 Å². The maximum atomic E-state index is 14.7. The van der Waals surface area contributed by atoms with Crippen molar-refractivity contribution in [3.05, 3.63) is 87.7 Å². The minimum Gasteiger partial charge on any atom is -0.480 e. The van der Waals surface area contributed by atoms with Crippen molar-refractivity contribution in [2.75, 3.05) is 5.32 Å². The van der Waals surface area contributed by atoms with E-state index in [1.165, 1.54) is 28.3 Å². The highest BCUT2D eigenvalue weighted by molar-refractivity contribution is 5.97. The van der Waals surface area contributed by atoms with Gasteiger partial charge in [0.1, 0.15) is 34.9 Å².